The van der Waals surface area contributed by atoms with E-state index in [1.165, 1.54) is 24.3 Å². The second kappa shape index (κ2) is 9.57. The summed E-state index contributed by atoms with van der Waals surface area (Å²) in [7, 11) is -1.72. The van der Waals surface area contributed by atoms with Crippen molar-refractivity contribution in [2.75, 3.05) is 0 Å². The van der Waals surface area contributed by atoms with Crippen LogP contribution in [0.2, 0.25) is 0 Å². The van der Waals surface area contributed by atoms with Crippen molar-refractivity contribution in [1.82, 2.24) is 0 Å². The molecule has 0 amide bonds. The lowest BCUT2D eigenvalue weighted by Gasteiger charge is -2.16. The van der Waals surface area contributed by atoms with E-state index < -0.39 is 30.4 Å². The van der Waals surface area contributed by atoms with E-state index in [2.05, 4.69) is 0 Å². The summed E-state index contributed by atoms with van der Waals surface area (Å²) in [6.07, 6.45) is 2.40. The molecule has 0 saturated heterocycles. The molecule has 10 heteroatoms. The summed E-state index contributed by atoms with van der Waals surface area (Å²) >= 11 is 1.10. The predicted octanol–water partition coefficient (Wildman–Crippen LogP) is 5.39. The molecule has 5 nitrogen and oxygen atoms in total. The molecule has 1 heterocycles. The van der Waals surface area contributed by atoms with Crippen LogP contribution in [0, 0.1) is 5.82 Å². The second-order valence-corrected chi connectivity index (χ2v) is 8.86. The third-order valence-electron chi connectivity index (χ3n) is 5.18. The minimum absolute atomic E-state index is 0.0854. The van der Waals surface area contributed by atoms with Gasteiger partial charge in [-0.25, -0.2) is 18.0 Å². The molecule has 0 radical (unpaired) electrons. The van der Waals surface area contributed by atoms with E-state index in [9.17, 15) is 28.0 Å². The SMILES string of the molecule is CC(F)(F)c1cc(F)ccc1-c1sc2cc(B(O)O)ccc2c1Oc1ccc(/C=C/C(=O)O)cc1. The molecule has 0 saturated carbocycles. The number of fused-ring (bicyclic) bond motifs is 1. The molecule has 3 aromatic carbocycles. The second-order valence-electron chi connectivity index (χ2n) is 7.81. The van der Waals surface area contributed by atoms with Crippen molar-refractivity contribution in [3.8, 4) is 21.9 Å². The first-order valence-corrected chi connectivity index (χ1v) is 11.1. The van der Waals surface area contributed by atoms with Crippen LogP contribution >= 0.6 is 11.3 Å². The van der Waals surface area contributed by atoms with Crippen molar-refractivity contribution in [2.24, 2.45) is 0 Å². The van der Waals surface area contributed by atoms with Crippen LogP contribution in [0.15, 0.2) is 66.7 Å². The number of hydrogen-bond donors (Lipinski definition) is 3. The number of carboxylic acids is 1. The number of thiophene rings is 1. The monoisotopic (exact) mass is 498 g/mol. The van der Waals surface area contributed by atoms with Crippen LogP contribution in [0.5, 0.6) is 11.5 Å². The fraction of sp³-hybridized carbons (Fsp3) is 0.0800. The zero-order valence-electron chi connectivity index (χ0n) is 18.2. The highest BCUT2D eigenvalue weighted by Gasteiger charge is 2.31. The van der Waals surface area contributed by atoms with Gasteiger partial charge < -0.3 is 19.9 Å². The highest BCUT2D eigenvalue weighted by molar-refractivity contribution is 7.22. The van der Waals surface area contributed by atoms with E-state index >= 15 is 0 Å². The smallest absolute Gasteiger partial charge is 0.478 e. The molecule has 4 rings (SSSR count). The Morgan fingerprint density at radius 2 is 1.77 bits per heavy atom. The number of carboxylic acid groups (broad SMARTS) is 1. The van der Waals surface area contributed by atoms with Gasteiger partial charge in [-0.05, 0) is 47.4 Å². The zero-order valence-corrected chi connectivity index (χ0v) is 19.0. The molecule has 1 aromatic heterocycles. The van der Waals surface area contributed by atoms with E-state index in [1.54, 1.807) is 30.3 Å². The summed E-state index contributed by atoms with van der Waals surface area (Å²) < 4.78 is 49.4. The van der Waals surface area contributed by atoms with Crippen molar-refractivity contribution in [2.45, 2.75) is 12.8 Å². The number of carbonyl (C=O) groups is 1. The third kappa shape index (κ3) is 5.40. The van der Waals surface area contributed by atoms with Gasteiger partial charge in [0, 0.05) is 34.2 Å². The maximum atomic E-state index is 14.4. The molecule has 0 fully saturated rings. The normalized spacial score (nSPS) is 11.8. The number of halogens is 3. The van der Waals surface area contributed by atoms with Gasteiger partial charge in [0.15, 0.2) is 5.75 Å². The lowest BCUT2D eigenvalue weighted by atomic mass is 9.80. The number of rotatable bonds is 7. The third-order valence-corrected chi connectivity index (χ3v) is 6.35. The van der Waals surface area contributed by atoms with E-state index in [-0.39, 0.29) is 16.8 Å². The Hall–Kier alpha value is -3.60. The van der Waals surface area contributed by atoms with Crippen LogP contribution in [0.4, 0.5) is 13.2 Å². The average molecular weight is 498 g/mol. The Bertz CT molecular complexity index is 1430. The first-order chi connectivity index (χ1) is 16.5. The first kappa shape index (κ1) is 24.5. The average Bonchev–Trinajstić information content (AvgIpc) is 3.15. The van der Waals surface area contributed by atoms with Gasteiger partial charge in [-0.3, -0.25) is 0 Å². The molecule has 0 aliphatic carbocycles. The van der Waals surface area contributed by atoms with Crippen molar-refractivity contribution in [3.63, 3.8) is 0 Å². The summed E-state index contributed by atoms with van der Waals surface area (Å²) in [6, 6.07) is 14.2. The molecular weight excluding hydrogens is 480 g/mol. The summed E-state index contributed by atoms with van der Waals surface area (Å²) in [4.78, 5) is 11.0. The Morgan fingerprint density at radius 3 is 2.40 bits per heavy atom. The molecule has 0 aliphatic rings. The van der Waals surface area contributed by atoms with Crippen molar-refractivity contribution in [3.05, 3.63) is 83.7 Å². The van der Waals surface area contributed by atoms with Crippen LogP contribution in [0.25, 0.3) is 26.6 Å². The van der Waals surface area contributed by atoms with Gasteiger partial charge >= 0.3 is 13.1 Å². The summed E-state index contributed by atoms with van der Waals surface area (Å²) in [5.41, 5.74) is 0.405. The predicted molar refractivity (Wildman–Crippen MR) is 130 cm³/mol. The number of hydrogen-bond acceptors (Lipinski definition) is 5. The molecule has 4 aromatic rings. The Kier molecular flexibility index (Phi) is 6.71. The van der Waals surface area contributed by atoms with Crippen LogP contribution in [-0.2, 0) is 10.7 Å². The Morgan fingerprint density at radius 1 is 1.06 bits per heavy atom. The van der Waals surface area contributed by atoms with Gasteiger partial charge in [-0.1, -0.05) is 30.3 Å². The number of ether oxygens (including phenoxy) is 1. The van der Waals surface area contributed by atoms with Crippen LogP contribution in [-0.4, -0.2) is 28.2 Å². The van der Waals surface area contributed by atoms with Gasteiger partial charge in [-0.2, -0.15) is 0 Å². The van der Waals surface area contributed by atoms with Gasteiger partial charge in [0.05, 0.1) is 4.88 Å². The van der Waals surface area contributed by atoms with Gasteiger partial charge in [0.1, 0.15) is 11.6 Å². The topological polar surface area (TPSA) is 87.0 Å². The van der Waals surface area contributed by atoms with Gasteiger partial charge in [-0.15, -0.1) is 11.3 Å². The lowest BCUT2D eigenvalue weighted by Crippen LogP contribution is -2.29. The molecule has 0 unspecified atom stereocenters. The maximum absolute atomic E-state index is 14.4. The van der Waals surface area contributed by atoms with E-state index in [0.717, 1.165) is 29.5 Å². The van der Waals surface area contributed by atoms with Crippen molar-refractivity contribution < 1.29 is 37.9 Å². The number of benzene rings is 3. The minimum atomic E-state index is -3.34. The van der Waals surface area contributed by atoms with Gasteiger partial charge in [0.2, 0.25) is 0 Å². The van der Waals surface area contributed by atoms with E-state index in [4.69, 9.17) is 9.84 Å². The molecule has 35 heavy (non-hydrogen) atoms. The zero-order chi connectivity index (χ0) is 25.3. The van der Waals surface area contributed by atoms with Crippen molar-refractivity contribution in [1.29, 1.82) is 0 Å². The molecule has 0 bridgehead atoms. The highest BCUT2D eigenvalue weighted by Crippen LogP contribution is 2.49. The van der Waals surface area contributed by atoms with Crippen LogP contribution < -0.4 is 10.2 Å². The summed E-state index contributed by atoms with van der Waals surface area (Å²) in [6.45, 7) is 0.683. The fourth-order valence-electron chi connectivity index (χ4n) is 3.54. The standard InChI is InChI=1S/C25H18BF3O5S/c1-25(28,29)20-13-16(27)6-10-18(20)24-23(19-9-5-15(26(32)33)12-21(19)35-24)34-17-7-2-14(3-8-17)4-11-22(30)31/h2-13,32-33H,1H3,(H,30,31)/b11-4+. The van der Waals surface area contributed by atoms with Crippen LogP contribution in [0.3, 0.4) is 0 Å². The largest absolute Gasteiger partial charge is 0.488 e. The molecule has 0 spiro atoms. The lowest BCUT2D eigenvalue weighted by molar-refractivity contribution is -0.131. The minimum Gasteiger partial charge on any atom is -0.478 e. The highest BCUT2D eigenvalue weighted by atomic mass is 32.1. The Labute approximate surface area is 202 Å². The molecule has 0 aliphatic heterocycles. The number of alkyl halides is 2. The van der Waals surface area contributed by atoms with Gasteiger partial charge in [0.25, 0.3) is 5.92 Å². The van der Waals surface area contributed by atoms with Crippen molar-refractivity contribution >= 4 is 46.0 Å². The summed E-state index contributed by atoms with van der Waals surface area (Å²) in [5.74, 6) is -4.62. The molecule has 178 valence electrons. The number of aliphatic carboxylic acids is 1. The molecule has 3 N–H and O–H groups in total. The van der Waals surface area contributed by atoms with Crippen LogP contribution in [0.1, 0.15) is 18.1 Å². The molecule has 0 atom stereocenters. The van der Waals surface area contributed by atoms with E-state index in [1.807, 2.05) is 0 Å². The summed E-state index contributed by atoms with van der Waals surface area (Å²) in [5, 5.41) is 28.4. The first-order valence-electron chi connectivity index (χ1n) is 10.3. The quantitative estimate of drug-likeness (QED) is 0.235. The fourth-order valence-corrected chi connectivity index (χ4v) is 4.76. The Balaban J connectivity index is 1.87. The van der Waals surface area contributed by atoms with E-state index in [0.29, 0.717) is 33.2 Å². The maximum Gasteiger partial charge on any atom is 0.488 e. The molecular formula is C25H18BF3O5S.